The number of hydrogen-bond acceptors (Lipinski definition) is 3. The predicted octanol–water partition coefficient (Wildman–Crippen LogP) is 2.08. The van der Waals surface area contributed by atoms with E-state index in [9.17, 15) is 0 Å². The average Bonchev–Trinajstić information content (AvgIpc) is 2.31. The van der Waals surface area contributed by atoms with Crippen molar-refractivity contribution in [3.05, 3.63) is 30.3 Å². The summed E-state index contributed by atoms with van der Waals surface area (Å²) in [4.78, 5) is 0. The van der Waals surface area contributed by atoms with Gasteiger partial charge in [-0.25, -0.2) is 0 Å². The third-order valence-electron chi connectivity index (χ3n) is 2.20. The van der Waals surface area contributed by atoms with Gasteiger partial charge in [-0.2, -0.15) is 0 Å². The first-order valence-electron chi connectivity index (χ1n) is 5.78. The quantitative estimate of drug-likeness (QED) is 0.684. The molecule has 0 saturated carbocycles. The Hall–Kier alpha value is -1.06. The van der Waals surface area contributed by atoms with Crippen LogP contribution in [0.5, 0.6) is 5.75 Å². The zero-order valence-electron chi connectivity index (χ0n) is 10.1. The Morgan fingerprint density at radius 1 is 1.25 bits per heavy atom. The highest BCUT2D eigenvalue weighted by molar-refractivity contribution is 5.21. The third-order valence-corrected chi connectivity index (χ3v) is 2.20. The fraction of sp³-hybridized carbons (Fsp3) is 0.538. The second-order valence-corrected chi connectivity index (χ2v) is 3.71. The molecule has 0 aliphatic heterocycles. The van der Waals surface area contributed by atoms with Gasteiger partial charge in [0.25, 0.3) is 0 Å². The molecule has 0 bridgehead atoms. The SMILES string of the molecule is CCCNCC(COC)Oc1ccccc1. The van der Waals surface area contributed by atoms with Crippen LogP contribution in [-0.4, -0.2) is 32.9 Å². The van der Waals surface area contributed by atoms with Gasteiger partial charge in [-0.1, -0.05) is 25.1 Å². The van der Waals surface area contributed by atoms with Gasteiger partial charge in [-0.15, -0.1) is 0 Å². The molecule has 1 rings (SSSR count). The molecule has 0 heterocycles. The summed E-state index contributed by atoms with van der Waals surface area (Å²) in [5.41, 5.74) is 0. The topological polar surface area (TPSA) is 30.5 Å². The van der Waals surface area contributed by atoms with E-state index in [1.54, 1.807) is 7.11 Å². The maximum Gasteiger partial charge on any atom is 0.134 e. The predicted molar refractivity (Wildman–Crippen MR) is 65.9 cm³/mol. The minimum absolute atomic E-state index is 0.0685. The van der Waals surface area contributed by atoms with Crippen molar-refractivity contribution in [3.8, 4) is 5.75 Å². The lowest BCUT2D eigenvalue weighted by Crippen LogP contribution is -2.35. The number of benzene rings is 1. The van der Waals surface area contributed by atoms with Crippen LogP contribution in [0.4, 0.5) is 0 Å². The van der Waals surface area contributed by atoms with Gasteiger partial charge >= 0.3 is 0 Å². The summed E-state index contributed by atoms with van der Waals surface area (Å²) in [6, 6.07) is 9.84. The Kier molecular flexibility index (Phi) is 6.61. The van der Waals surface area contributed by atoms with Crippen LogP contribution >= 0.6 is 0 Å². The lowest BCUT2D eigenvalue weighted by atomic mass is 10.3. The molecule has 0 fully saturated rings. The Morgan fingerprint density at radius 2 is 2.00 bits per heavy atom. The fourth-order valence-electron chi connectivity index (χ4n) is 1.45. The second-order valence-electron chi connectivity index (χ2n) is 3.71. The summed E-state index contributed by atoms with van der Waals surface area (Å²) < 4.78 is 11.0. The van der Waals surface area contributed by atoms with E-state index >= 15 is 0 Å². The molecule has 3 heteroatoms. The molecule has 1 atom stereocenters. The van der Waals surface area contributed by atoms with Crippen molar-refractivity contribution in [2.75, 3.05) is 26.8 Å². The van der Waals surface area contributed by atoms with Crippen molar-refractivity contribution in [3.63, 3.8) is 0 Å². The molecule has 1 N–H and O–H groups in total. The Balaban J connectivity index is 2.38. The molecule has 0 spiro atoms. The summed E-state index contributed by atoms with van der Waals surface area (Å²) in [6.07, 6.45) is 1.20. The first-order valence-corrected chi connectivity index (χ1v) is 5.78. The van der Waals surface area contributed by atoms with Crippen molar-refractivity contribution in [1.82, 2.24) is 5.32 Å². The molecule has 1 aromatic rings. The zero-order chi connectivity index (χ0) is 11.6. The van der Waals surface area contributed by atoms with Gasteiger partial charge in [0.15, 0.2) is 0 Å². The number of ether oxygens (including phenoxy) is 2. The van der Waals surface area contributed by atoms with Crippen LogP contribution in [0.2, 0.25) is 0 Å². The summed E-state index contributed by atoms with van der Waals surface area (Å²) in [7, 11) is 1.70. The van der Waals surface area contributed by atoms with Crippen LogP contribution in [0.3, 0.4) is 0 Å². The second kappa shape index (κ2) is 8.13. The van der Waals surface area contributed by atoms with E-state index in [2.05, 4.69) is 12.2 Å². The lowest BCUT2D eigenvalue weighted by Gasteiger charge is -2.18. The molecule has 0 aliphatic rings. The molecule has 3 nitrogen and oxygen atoms in total. The van der Waals surface area contributed by atoms with Crippen LogP contribution in [0.25, 0.3) is 0 Å². The highest BCUT2D eigenvalue weighted by Gasteiger charge is 2.09. The van der Waals surface area contributed by atoms with Crippen molar-refractivity contribution < 1.29 is 9.47 Å². The van der Waals surface area contributed by atoms with Crippen LogP contribution < -0.4 is 10.1 Å². The van der Waals surface area contributed by atoms with E-state index < -0.39 is 0 Å². The third kappa shape index (κ3) is 5.14. The smallest absolute Gasteiger partial charge is 0.134 e. The van der Waals surface area contributed by atoms with Crippen molar-refractivity contribution >= 4 is 0 Å². The maximum absolute atomic E-state index is 5.81. The van der Waals surface area contributed by atoms with E-state index in [1.165, 1.54) is 0 Å². The van der Waals surface area contributed by atoms with E-state index in [0.717, 1.165) is 25.3 Å². The molecule has 1 aromatic carbocycles. The first kappa shape index (κ1) is 13.0. The zero-order valence-corrected chi connectivity index (χ0v) is 10.1. The van der Waals surface area contributed by atoms with Gasteiger partial charge in [0.2, 0.25) is 0 Å². The lowest BCUT2D eigenvalue weighted by molar-refractivity contribution is 0.0807. The Morgan fingerprint density at radius 3 is 2.62 bits per heavy atom. The Labute approximate surface area is 97.8 Å². The molecule has 0 saturated heterocycles. The summed E-state index contributed by atoms with van der Waals surface area (Å²) in [5.74, 6) is 0.892. The fourth-order valence-corrected chi connectivity index (χ4v) is 1.45. The van der Waals surface area contributed by atoms with E-state index in [0.29, 0.717) is 6.61 Å². The normalized spacial score (nSPS) is 12.4. The average molecular weight is 223 g/mol. The first-order chi connectivity index (χ1) is 7.86. The molecular weight excluding hydrogens is 202 g/mol. The van der Waals surface area contributed by atoms with Gasteiger partial charge in [0.1, 0.15) is 11.9 Å². The number of para-hydroxylation sites is 1. The molecule has 0 radical (unpaired) electrons. The highest BCUT2D eigenvalue weighted by Crippen LogP contribution is 2.10. The van der Waals surface area contributed by atoms with Crippen LogP contribution in [0, 0.1) is 0 Å². The van der Waals surface area contributed by atoms with Crippen LogP contribution in [0.15, 0.2) is 30.3 Å². The molecule has 0 aliphatic carbocycles. The molecule has 16 heavy (non-hydrogen) atoms. The molecule has 1 unspecified atom stereocenters. The van der Waals surface area contributed by atoms with Crippen molar-refractivity contribution in [2.24, 2.45) is 0 Å². The largest absolute Gasteiger partial charge is 0.487 e. The van der Waals surface area contributed by atoms with Crippen LogP contribution in [-0.2, 0) is 4.74 Å². The monoisotopic (exact) mass is 223 g/mol. The summed E-state index contributed by atoms with van der Waals surface area (Å²) in [5, 5.41) is 3.34. The summed E-state index contributed by atoms with van der Waals surface area (Å²) >= 11 is 0. The van der Waals surface area contributed by atoms with Gasteiger partial charge < -0.3 is 14.8 Å². The van der Waals surface area contributed by atoms with Gasteiger partial charge in [0.05, 0.1) is 6.61 Å². The molecule has 0 amide bonds. The molecule has 90 valence electrons. The van der Waals surface area contributed by atoms with Crippen molar-refractivity contribution in [2.45, 2.75) is 19.4 Å². The standard InChI is InChI=1S/C13H21NO2/c1-3-9-14-10-13(11-15-2)16-12-7-5-4-6-8-12/h4-8,13-14H,3,9-11H2,1-2H3. The van der Waals surface area contributed by atoms with E-state index in [-0.39, 0.29) is 6.10 Å². The minimum atomic E-state index is 0.0685. The highest BCUT2D eigenvalue weighted by atomic mass is 16.5. The van der Waals surface area contributed by atoms with Gasteiger partial charge in [0, 0.05) is 13.7 Å². The van der Waals surface area contributed by atoms with Gasteiger partial charge in [-0.3, -0.25) is 0 Å². The number of hydrogen-bond donors (Lipinski definition) is 1. The van der Waals surface area contributed by atoms with Gasteiger partial charge in [-0.05, 0) is 25.1 Å². The number of methoxy groups -OCH3 is 1. The minimum Gasteiger partial charge on any atom is -0.487 e. The van der Waals surface area contributed by atoms with E-state index in [4.69, 9.17) is 9.47 Å². The molecular formula is C13H21NO2. The molecule has 0 aromatic heterocycles. The summed E-state index contributed by atoms with van der Waals surface area (Å²) in [6.45, 7) is 4.58. The Bertz CT molecular complexity index is 264. The van der Waals surface area contributed by atoms with Crippen molar-refractivity contribution in [1.29, 1.82) is 0 Å². The maximum atomic E-state index is 5.81. The van der Waals surface area contributed by atoms with Crippen LogP contribution in [0.1, 0.15) is 13.3 Å². The number of rotatable bonds is 8. The number of nitrogens with one attached hydrogen (secondary N) is 1. The van der Waals surface area contributed by atoms with E-state index in [1.807, 2.05) is 30.3 Å².